The van der Waals surface area contributed by atoms with Gasteiger partial charge in [0.15, 0.2) is 0 Å². The van der Waals surface area contributed by atoms with Crippen LogP contribution in [-0.2, 0) is 0 Å². The van der Waals surface area contributed by atoms with Crippen LogP contribution in [0, 0.1) is 0 Å². The van der Waals surface area contributed by atoms with Gasteiger partial charge in [-0.1, -0.05) is 0 Å². The largest absolute Gasteiger partial charge is 0.495 e. The van der Waals surface area contributed by atoms with Gasteiger partial charge >= 0.3 is 0 Å². The fraction of sp³-hybridized carbons (Fsp3) is 0.417. The summed E-state index contributed by atoms with van der Waals surface area (Å²) in [5.41, 5.74) is 6.92. The van der Waals surface area contributed by atoms with Gasteiger partial charge in [-0.25, -0.2) is 0 Å². The first-order valence-electron chi connectivity index (χ1n) is 5.53. The number of ether oxygens (including phenoxy) is 1. The number of thioether (sulfide) groups is 1. The van der Waals surface area contributed by atoms with E-state index in [4.69, 9.17) is 10.5 Å². The number of hydrogen-bond acceptors (Lipinski definition) is 4. The first-order chi connectivity index (χ1) is 8.22. The normalized spacial score (nSPS) is 15.7. The quantitative estimate of drug-likeness (QED) is 0.810. The minimum atomic E-state index is 0.0589. The maximum Gasteiger partial charge on any atom is 0.254 e. The van der Waals surface area contributed by atoms with E-state index in [0.717, 1.165) is 24.6 Å². The van der Waals surface area contributed by atoms with Crippen molar-refractivity contribution in [2.75, 3.05) is 37.4 Å². The van der Waals surface area contributed by atoms with E-state index in [0.29, 0.717) is 17.0 Å². The average Bonchev–Trinajstić information content (AvgIpc) is 2.39. The molecule has 92 valence electrons. The molecule has 4 nitrogen and oxygen atoms in total. The molecule has 5 heteroatoms. The molecule has 1 heterocycles. The van der Waals surface area contributed by atoms with Crippen LogP contribution in [0.4, 0.5) is 5.69 Å². The average molecular weight is 252 g/mol. The van der Waals surface area contributed by atoms with E-state index in [2.05, 4.69) is 0 Å². The monoisotopic (exact) mass is 252 g/mol. The summed E-state index contributed by atoms with van der Waals surface area (Å²) in [6, 6.07) is 5.17. The molecule has 0 spiro atoms. The summed E-state index contributed by atoms with van der Waals surface area (Å²) in [5, 5.41) is 0. The first kappa shape index (κ1) is 12.1. The predicted octanol–water partition coefficient (Wildman–Crippen LogP) is 1.47. The summed E-state index contributed by atoms with van der Waals surface area (Å²) >= 11 is 1.88. The second-order valence-corrected chi connectivity index (χ2v) is 5.09. The van der Waals surface area contributed by atoms with Gasteiger partial charge in [-0.3, -0.25) is 4.79 Å². The molecule has 1 saturated heterocycles. The topological polar surface area (TPSA) is 55.6 Å². The fourth-order valence-corrected chi connectivity index (χ4v) is 2.70. The Balaban J connectivity index is 2.18. The molecule has 0 saturated carbocycles. The van der Waals surface area contributed by atoms with Crippen LogP contribution in [-0.4, -0.2) is 42.5 Å². The fourth-order valence-electron chi connectivity index (χ4n) is 1.79. The van der Waals surface area contributed by atoms with Gasteiger partial charge in [-0.15, -0.1) is 0 Å². The van der Waals surface area contributed by atoms with Crippen molar-refractivity contribution in [2.24, 2.45) is 0 Å². The Labute approximate surface area is 105 Å². The van der Waals surface area contributed by atoms with Gasteiger partial charge in [0.2, 0.25) is 0 Å². The van der Waals surface area contributed by atoms with Gasteiger partial charge in [0.1, 0.15) is 5.75 Å². The number of hydrogen-bond donors (Lipinski definition) is 1. The van der Waals surface area contributed by atoms with Gasteiger partial charge in [-0.2, -0.15) is 11.8 Å². The van der Waals surface area contributed by atoms with Gasteiger partial charge in [0.25, 0.3) is 5.91 Å². The van der Waals surface area contributed by atoms with E-state index >= 15 is 0 Å². The minimum Gasteiger partial charge on any atom is -0.495 e. The van der Waals surface area contributed by atoms with E-state index in [9.17, 15) is 4.79 Å². The molecule has 1 aromatic rings. The van der Waals surface area contributed by atoms with Crippen LogP contribution in [0.15, 0.2) is 18.2 Å². The number of amides is 1. The molecule has 1 aliphatic rings. The molecule has 1 aliphatic heterocycles. The lowest BCUT2D eigenvalue weighted by Crippen LogP contribution is -2.37. The molecule has 0 aliphatic carbocycles. The molecule has 1 amide bonds. The Morgan fingerprint density at radius 1 is 1.41 bits per heavy atom. The zero-order valence-corrected chi connectivity index (χ0v) is 10.6. The van der Waals surface area contributed by atoms with Crippen LogP contribution in [0.2, 0.25) is 0 Å². The zero-order chi connectivity index (χ0) is 12.3. The van der Waals surface area contributed by atoms with Crippen molar-refractivity contribution in [3.05, 3.63) is 23.8 Å². The van der Waals surface area contributed by atoms with Crippen molar-refractivity contribution < 1.29 is 9.53 Å². The summed E-state index contributed by atoms with van der Waals surface area (Å²) in [6.45, 7) is 1.63. The third kappa shape index (κ3) is 2.66. The lowest BCUT2D eigenvalue weighted by atomic mass is 10.1. The van der Waals surface area contributed by atoms with Gasteiger partial charge < -0.3 is 15.4 Å². The van der Waals surface area contributed by atoms with Crippen molar-refractivity contribution >= 4 is 23.4 Å². The van der Waals surface area contributed by atoms with Crippen LogP contribution < -0.4 is 10.5 Å². The van der Waals surface area contributed by atoms with Crippen LogP contribution in [0.1, 0.15) is 10.4 Å². The summed E-state index contributed by atoms with van der Waals surface area (Å²) < 4.78 is 5.12. The van der Waals surface area contributed by atoms with E-state index in [-0.39, 0.29) is 5.91 Å². The second kappa shape index (κ2) is 5.31. The maximum atomic E-state index is 12.2. The number of benzene rings is 1. The highest BCUT2D eigenvalue weighted by Gasteiger charge is 2.19. The summed E-state index contributed by atoms with van der Waals surface area (Å²) in [4.78, 5) is 14.1. The van der Waals surface area contributed by atoms with Gasteiger partial charge in [-0.05, 0) is 18.2 Å². The molecule has 2 rings (SSSR count). The first-order valence-corrected chi connectivity index (χ1v) is 6.68. The lowest BCUT2D eigenvalue weighted by Gasteiger charge is -2.26. The molecule has 17 heavy (non-hydrogen) atoms. The Morgan fingerprint density at radius 3 is 2.76 bits per heavy atom. The summed E-state index contributed by atoms with van der Waals surface area (Å²) in [6.07, 6.45) is 0. The van der Waals surface area contributed by atoms with Crippen LogP contribution in [0.3, 0.4) is 0 Å². The maximum absolute atomic E-state index is 12.2. The van der Waals surface area contributed by atoms with E-state index in [1.165, 1.54) is 0 Å². The van der Waals surface area contributed by atoms with Crippen molar-refractivity contribution in [1.82, 2.24) is 4.90 Å². The minimum absolute atomic E-state index is 0.0589. The number of nitrogens with zero attached hydrogens (tertiary/aromatic N) is 1. The molecular formula is C12H16N2O2S. The van der Waals surface area contributed by atoms with E-state index in [1.54, 1.807) is 25.3 Å². The highest BCUT2D eigenvalue weighted by Crippen LogP contribution is 2.23. The van der Waals surface area contributed by atoms with Crippen molar-refractivity contribution in [1.29, 1.82) is 0 Å². The molecule has 0 atom stereocenters. The third-order valence-corrected chi connectivity index (χ3v) is 3.72. The number of nitrogens with two attached hydrogens (primary N) is 1. The summed E-state index contributed by atoms with van der Waals surface area (Å²) in [7, 11) is 1.55. The van der Waals surface area contributed by atoms with E-state index < -0.39 is 0 Å². The number of rotatable bonds is 2. The number of carbonyl (C=O) groups excluding carboxylic acids is 1. The number of methoxy groups -OCH3 is 1. The highest BCUT2D eigenvalue weighted by molar-refractivity contribution is 7.99. The zero-order valence-electron chi connectivity index (χ0n) is 9.81. The molecular weight excluding hydrogens is 236 g/mol. The molecule has 1 fully saturated rings. The summed E-state index contributed by atoms with van der Waals surface area (Å²) in [5.74, 6) is 2.64. The van der Waals surface area contributed by atoms with Gasteiger partial charge in [0, 0.05) is 30.2 Å². The number of anilines is 1. The SMILES string of the molecule is COc1cc(C(=O)N2CCSCC2)ccc1N. The molecule has 0 unspecified atom stereocenters. The Bertz CT molecular complexity index is 417. The Kier molecular flexibility index (Phi) is 3.78. The predicted molar refractivity (Wildman–Crippen MR) is 70.6 cm³/mol. The smallest absolute Gasteiger partial charge is 0.254 e. The molecule has 0 radical (unpaired) electrons. The Hall–Kier alpha value is -1.36. The molecule has 2 N–H and O–H groups in total. The lowest BCUT2D eigenvalue weighted by molar-refractivity contribution is 0.0772. The van der Waals surface area contributed by atoms with Crippen molar-refractivity contribution in [2.45, 2.75) is 0 Å². The van der Waals surface area contributed by atoms with E-state index in [1.807, 2.05) is 16.7 Å². The molecule has 0 bridgehead atoms. The second-order valence-electron chi connectivity index (χ2n) is 3.86. The third-order valence-electron chi connectivity index (χ3n) is 2.78. The Morgan fingerprint density at radius 2 is 2.12 bits per heavy atom. The van der Waals surface area contributed by atoms with Crippen molar-refractivity contribution in [3.8, 4) is 5.75 Å². The number of nitrogen functional groups attached to an aromatic ring is 1. The highest BCUT2D eigenvalue weighted by atomic mass is 32.2. The van der Waals surface area contributed by atoms with Crippen molar-refractivity contribution in [3.63, 3.8) is 0 Å². The molecule has 0 aromatic heterocycles. The van der Waals surface area contributed by atoms with Crippen LogP contribution in [0.25, 0.3) is 0 Å². The standard InChI is InChI=1S/C12H16N2O2S/c1-16-11-8-9(2-3-10(11)13)12(15)14-4-6-17-7-5-14/h2-3,8H,4-7,13H2,1H3. The number of carbonyl (C=O) groups is 1. The van der Waals surface area contributed by atoms with Crippen LogP contribution >= 0.6 is 11.8 Å². The molecule has 1 aromatic carbocycles. The van der Waals surface area contributed by atoms with Gasteiger partial charge in [0.05, 0.1) is 12.8 Å². The van der Waals surface area contributed by atoms with Crippen LogP contribution in [0.5, 0.6) is 5.75 Å².